The van der Waals surface area contributed by atoms with Crippen molar-refractivity contribution in [2.75, 3.05) is 32.4 Å². The average molecular weight is 291 g/mol. The third-order valence-electron chi connectivity index (χ3n) is 3.82. The first-order chi connectivity index (χ1) is 8.91. The molecule has 1 atom stereocenters. The minimum Gasteiger partial charge on any atom is -0.314 e. The van der Waals surface area contributed by atoms with Crippen LogP contribution in [0.1, 0.15) is 39.5 Å². The van der Waals surface area contributed by atoms with Crippen LogP contribution in [0.25, 0.3) is 0 Å². The van der Waals surface area contributed by atoms with Crippen molar-refractivity contribution in [1.82, 2.24) is 14.9 Å². The predicted molar refractivity (Wildman–Crippen MR) is 79.8 cm³/mol. The van der Waals surface area contributed by atoms with Crippen molar-refractivity contribution in [2.45, 2.75) is 51.6 Å². The summed E-state index contributed by atoms with van der Waals surface area (Å²) >= 11 is 0. The van der Waals surface area contributed by atoms with Crippen molar-refractivity contribution >= 4 is 10.0 Å². The van der Waals surface area contributed by atoms with Crippen LogP contribution in [0.4, 0.5) is 0 Å². The highest BCUT2D eigenvalue weighted by Gasteiger charge is 2.17. The number of hydrogen-bond donors (Lipinski definition) is 2. The largest absolute Gasteiger partial charge is 0.314 e. The second-order valence-corrected chi connectivity index (χ2v) is 7.65. The number of hydrogen-bond acceptors (Lipinski definition) is 4. The molecule has 1 unspecified atom stereocenters. The first-order valence-electron chi connectivity index (χ1n) is 7.31. The lowest BCUT2D eigenvalue weighted by molar-refractivity contribution is 0.278. The van der Waals surface area contributed by atoms with Gasteiger partial charge in [0.25, 0.3) is 0 Å². The van der Waals surface area contributed by atoms with Crippen LogP contribution in [-0.4, -0.2) is 57.8 Å². The SMILES string of the molecule is CC(C)N(C)CCNS(=O)(=O)CCC1CCCCN1. The van der Waals surface area contributed by atoms with Crippen LogP contribution >= 0.6 is 0 Å². The summed E-state index contributed by atoms with van der Waals surface area (Å²) in [5, 5.41) is 3.38. The second-order valence-electron chi connectivity index (χ2n) is 5.72. The molecule has 1 rings (SSSR count). The highest BCUT2D eigenvalue weighted by molar-refractivity contribution is 7.89. The van der Waals surface area contributed by atoms with Gasteiger partial charge in [0.2, 0.25) is 10.0 Å². The van der Waals surface area contributed by atoms with E-state index in [0.717, 1.165) is 25.9 Å². The summed E-state index contributed by atoms with van der Waals surface area (Å²) in [4.78, 5) is 2.13. The van der Waals surface area contributed by atoms with E-state index >= 15 is 0 Å². The van der Waals surface area contributed by atoms with E-state index in [0.29, 0.717) is 18.6 Å². The average Bonchev–Trinajstić information content (AvgIpc) is 2.37. The molecule has 1 fully saturated rings. The van der Waals surface area contributed by atoms with Crippen LogP contribution in [0.3, 0.4) is 0 Å². The lowest BCUT2D eigenvalue weighted by Crippen LogP contribution is -2.39. The third kappa shape index (κ3) is 7.25. The Morgan fingerprint density at radius 1 is 1.37 bits per heavy atom. The molecule has 0 bridgehead atoms. The van der Waals surface area contributed by atoms with E-state index in [4.69, 9.17) is 0 Å². The summed E-state index contributed by atoms with van der Waals surface area (Å²) < 4.78 is 26.4. The normalized spacial score (nSPS) is 21.2. The fourth-order valence-corrected chi connectivity index (χ4v) is 3.32. The Balaban J connectivity index is 2.20. The summed E-state index contributed by atoms with van der Waals surface area (Å²) in [5.41, 5.74) is 0. The highest BCUT2D eigenvalue weighted by Crippen LogP contribution is 2.10. The van der Waals surface area contributed by atoms with E-state index in [1.165, 1.54) is 12.8 Å². The first kappa shape index (κ1) is 16.9. The summed E-state index contributed by atoms with van der Waals surface area (Å²) in [6.07, 6.45) is 4.24. The molecule has 5 nitrogen and oxygen atoms in total. The van der Waals surface area contributed by atoms with E-state index in [-0.39, 0.29) is 5.75 Å². The predicted octanol–water partition coefficient (Wildman–Crippen LogP) is 0.778. The van der Waals surface area contributed by atoms with Crippen LogP contribution < -0.4 is 10.0 Å². The minimum atomic E-state index is -3.12. The maximum Gasteiger partial charge on any atom is 0.211 e. The lowest BCUT2D eigenvalue weighted by Gasteiger charge is -2.23. The van der Waals surface area contributed by atoms with Crippen LogP contribution in [0, 0.1) is 0 Å². The topological polar surface area (TPSA) is 61.4 Å². The zero-order chi connectivity index (χ0) is 14.3. The number of likely N-dealkylation sites (N-methyl/N-ethyl adjacent to an activating group) is 1. The van der Waals surface area contributed by atoms with E-state index < -0.39 is 10.0 Å². The number of nitrogens with one attached hydrogen (secondary N) is 2. The molecule has 6 heteroatoms. The maximum atomic E-state index is 11.9. The summed E-state index contributed by atoms with van der Waals surface area (Å²) in [5.74, 6) is 0.232. The summed E-state index contributed by atoms with van der Waals surface area (Å²) in [7, 11) is -1.11. The van der Waals surface area contributed by atoms with Gasteiger partial charge in [-0.1, -0.05) is 6.42 Å². The molecule has 0 aromatic heterocycles. The zero-order valence-electron chi connectivity index (χ0n) is 12.5. The third-order valence-corrected chi connectivity index (χ3v) is 5.23. The van der Waals surface area contributed by atoms with Crippen LogP contribution in [0.15, 0.2) is 0 Å². The summed E-state index contributed by atoms with van der Waals surface area (Å²) in [6.45, 7) is 6.47. The Morgan fingerprint density at radius 2 is 2.11 bits per heavy atom. The molecule has 0 radical (unpaired) electrons. The Bertz CT molecular complexity index is 338. The Hall–Kier alpha value is -0.170. The molecular formula is C13H29N3O2S. The molecule has 0 amide bonds. The minimum absolute atomic E-state index is 0.232. The molecule has 0 aromatic carbocycles. The molecular weight excluding hydrogens is 262 g/mol. The molecule has 1 saturated heterocycles. The van der Waals surface area contributed by atoms with Gasteiger partial charge >= 0.3 is 0 Å². The molecule has 0 aliphatic carbocycles. The van der Waals surface area contributed by atoms with Gasteiger partial charge in [-0.15, -0.1) is 0 Å². The van der Waals surface area contributed by atoms with E-state index in [9.17, 15) is 8.42 Å². The quantitative estimate of drug-likeness (QED) is 0.694. The first-order valence-corrected chi connectivity index (χ1v) is 8.97. The smallest absolute Gasteiger partial charge is 0.211 e. The van der Waals surface area contributed by atoms with Gasteiger partial charge in [-0.2, -0.15) is 0 Å². The van der Waals surface area contributed by atoms with Gasteiger partial charge < -0.3 is 10.2 Å². The molecule has 0 saturated carbocycles. The zero-order valence-corrected chi connectivity index (χ0v) is 13.3. The molecule has 1 aliphatic rings. The number of sulfonamides is 1. The monoisotopic (exact) mass is 291 g/mol. The van der Waals surface area contributed by atoms with Crippen molar-refractivity contribution in [3.05, 3.63) is 0 Å². The Morgan fingerprint density at radius 3 is 2.68 bits per heavy atom. The van der Waals surface area contributed by atoms with Gasteiger partial charge in [0.1, 0.15) is 0 Å². The van der Waals surface area contributed by atoms with E-state index in [1.807, 2.05) is 7.05 Å². The molecule has 19 heavy (non-hydrogen) atoms. The van der Waals surface area contributed by atoms with Crippen molar-refractivity contribution < 1.29 is 8.42 Å². The summed E-state index contributed by atoms with van der Waals surface area (Å²) in [6, 6.07) is 0.819. The molecule has 1 heterocycles. The van der Waals surface area contributed by atoms with Gasteiger partial charge in [-0.05, 0) is 46.7 Å². The van der Waals surface area contributed by atoms with Crippen molar-refractivity contribution in [2.24, 2.45) is 0 Å². The van der Waals surface area contributed by atoms with Gasteiger partial charge in [0, 0.05) is 25.2 Å². The van der Waals surface area contributed by atoms with Crippen molar-refractivity contribution in [1.29, 1.82) is 0 Å². The van der Waals surface area contributed by atoms with Crippen LogP contribution in [0.5, 0.6) is 0 Å². The molecule has 2 N–H and O–H groups in total. The van der Waals surface area contributed by atoms with Gasteiger partial charge in [-0.25, -0.2) is 13.1 Å². The molecule has 0 spiro atoms. The number of piperidine rings is 1. The fraction of sp³-hybridized carbons (Fsp3) is 1.00. The fourth-order valence-electron chi connectivity index (χ4n) is 2.18. The number of rotatable bonds is 8. The van der Waals surface area contributed by atoms with Crippen molar-refractivity contribution in [3.63, 3.8) is 0 Å². The van der Waals surface area contributed by atoms with Gasteiger partial charge in [0.05, 0.1) is 5.75 Å². The van der Waals surface area contributed by atoms with Gasteiger partial charge in [-0.3, -0.25) is 0 Å². The second kappa shape index (κ2) is 8.19. The Labute approximate surface area is 118 Å². The standard InChI is InChI=1S/C13H29N3O2S/c1-12(2)16(3)10-9-15-19(17,18)11-7-13-6-4-5-8-14-13/h12-15H,4-11H2,1-3H3. The molecule has 0 aromatic rings. The molecule has 1 aliphatic heterocycles. The molecule has 114 valence electrons. The van der Waals surface area contributed by atoms with E-state index in [2.05, 4.69) is 28.8 Å². The van der Waals surface area contributed by atoms with Crippen LogP contribution in [-0.2, 0) is 10.0 Å². The number of nitrogens with zero attached hydrogens (tertiary/aromatic N) is 1. The van der Waals surface area contributed by atoms with Crippen LogP contribution in [0.2, 0.25) is 0 Å². The maximum absolute atomic E-state index is 11.9. The van der Waals surface area contributed by atoms with Gasteiger partial charge in [0.15, 0.2) is 0 Å². The van der Waals surface area contributed by atoms with Crippen molar-refractivity contribution in [3.8, 4) is 0 Å². The highest BCUT2D eigenvalue weighted by atomic mass is 32.2. The lowest BCUT2D eigenvalue weighted by atomic mass is 10.0. The van der Waals surface area contributed by atoms with E-state index in [1.54, 1.807) is 0 Å². The Kier molecular flexibility index (Phi) is 7.28.